The highest BCUT2D eigenvalue weighted by Gasteiger charge is 2.09. The Labute approximate surface area is 75.7 Å². The molecule has 74 valence electrons. The van der Waals surface area contributed by atoms with E-state index in [-0.39, 0.29) is 19.3 Å². The van der Waals surface area contributed by atoms with Crippen LogP contribution in [-0.2, 0) is 4.79 Å². The van der Waals surface area contributed by atoms with Gasteiger partial charge in [-0.3, -0.25) is 4.79 Å². The topological polar surface area (TPSA) is 56.7 Å². The van der Waals surface area contributed by atoms with Crippen LogP contribution in [0.3, 0.4) is 0 Å². The summed E-state index contributed by atoms with van der Waals surface area (Å²) >= 11 is 0. The van der Waals surface area contributed by atoms with Gasteiger partial charge >= 0.3 is 0 Å². The summed E-state index contributed by atoms with van der Waals surface area (Å²) in [6.45, 7) is 2.64. The number of hydrogen-bond acceptors (Lipinski definition) is 2. The molecule has 0 bridgehead atoms. The molecule has 3 heteroatoms. The molecule has 0 rings (SSSR count). The molecule has 0 aromatic rings. The number of hydrogen-bond donors (Lipinski definition) is 2. The van der Waals surface area contributed by atoms with Gasteiger partial charge < -0.3 is 11.1 Å². The fourth-order valence-corrected chi connectivity index (χ4v) is 0.896. The molecule has 12 heavy (non-hydrogen) atoms. The van der Waals surface area contributed by atoms with Gasteiger partial charge in [-0.2, -0.15) is 0 Å². The summed E-state index contributed by atoms with van der Waals surface area (Å²) in [5.74, 6) is 0.203. The molecule has 0 amide bonds. The van der Waals surface area contributed by atoms with Crippen LogP contribution in [0.25, 0.3) is 0 Å². The number of carbonyl (C=O) groups excluding carboxylic acids is 1. The Balaban J connectivity index is 0. The van der Waals surface area contributed by atoms with Crippen LogP contribution in [0.1, 0.15) is 33.6 Å². The van der Waals surface area contributed by atoms with Crippen LogP contribution in [0.2, 0.25) is 0 Å². The van der Waals surface area contributed by atoms with Crippen molar-refractivity contribution in [3.63, 3.8) is 0 Å². The fourth-order valence-electron chi connectivity index (χ4n) is 0.896. The molecule has 0 aliphatic rings. The van der Waals surface area contributed by atoms with Crippen molar-refractivity contribution in [3.8, 4) is 0 Å². The van der Waals surface area contributed by atoms with E-state index < -0.39 is 0 Å². The molecule has 0 radical (unpaired) electrons. The van der Waals surface area contributed by atoms with Crippen LogP contribution < -0.4 is 11.1 Å². The highest BCUT2D eigenvalue weighted by molar-refractivity contribution is 5.79. The van der Waals surface area contributed by atoms with Crippen LogP contribution >= 0.6 is 0 Å². The van der Waals surface area contributed by atoms with Gasteiger partial charge in [0.25, 0.3) is 0 Å². The van der Waals surface area contributed by atoms with E-state index in [4.69, 9.17) is 0 Å². The first-order valence-corrected chi connectivity index (χ1v) is 4.16. The minimum atomic E-state index is 0. The van der Waals surface area contributed by atoms with Crippen LogP contribution in [0, 0.1) is 0 Å². The lowest BCUT2D eigenvalue weighted by atomic mass is 10.1. The fraction of sp³-hybridized carbons (Fsp3) is 0.889. The molecule has 0 heterocycles. The molecule has 0 aliphatic carbocycles. The van der Waals surface area contributed by atoms with Gasteiger partial charge in [-0.1, -0.05) is 7.43 Å². The summed E-state index contributed by atoms with van der Waals surface area (Å²) < 4.78 is 0. The molecular weight excluding hydrogens is 152 g/mol. The van der Waals surface area contributed by atoms with Gasteiger partial charge in [-0.15, -0.1) is 0 Å². The van der Waals surface area contributed by atoms with E-state index in [2.05, 4.69) is 11.1 Å². The van der Waals surface area contributed by atoms with Gasteiger partial charge in [0.1, 0.15) is 6.04 Å². The third-order valence-electron chi connectivity index (χ3n) is 1.80. The zero-order valence-electron chi connectivity index (χ0n) is 7.52. The van der Waals surface area contributed by atoms with Crippen molar-refractivity contribution in [3.05, 3.63) is 0 Å². The molecule has 0 spiro atoms. The molecule has 3 nitrogen and oxygen atoms in total. The number of quaternary nitrogens is 1. The molecule has 0 aromatic carbocycles. The van der Waals surface area contributed by atoms with Crippen molar-refractivity contribution in [2.75, 3.05) is 13.6 Å². The second-order valence-corrected chi connectivity index (χ2v) is 2.91. The Bertz CT molecular complexity index is 115. The highest BCUT2D eigenvalue weighted by Crippen LogP contribution is 1.96. The maximum absolute atomic E-state index is 10.7. The van der Waals surface area contributed by atoms with Crippen LogP contribution in [0.5, 0.6) is 0 Å². The first kappa shape index (κ1) is 14.1. The normalized spacial score (nSPS) is 11.9. The summed E-state index contributed by atoms with van der Waals surface area (Å²) in [5, 5.41) is 3.07. The first-order valence-electron chi connectivity index (χ1n) is 4.16. The van der Waals surface area contributed by atoms with Crippen molar-refractivity contribution in [1.29, 1.82) is 0 Å². The average Bonchev–Trinajstić information content (AvgIpc) is 1.97. The molecule has 0 saturated carbocycles. The minimum Gasteiger partial charge on any atom is -0.349 e. The Morgan fingerprint density at radius 1 is 1.50 bits per heavy atom. The lowest BCUT2D eigenvalue weighted by Crippen LogP contribution is -2.64. The largest absolute Gasteiger partial charge is 0.349 e. The van der Waals surface area contributed by atoms with Crippen LogP contribution in [0.15, 0.2) is 0 Å². The Morgan fingerprint density at radius 2 is 2.08 bits per heavy atom. The van der Waals surface area contributed by atoms with Gasteiger partial charge in [-0.05, 0) is 26.4 Å². The van der Waals surface area contributed by atoms with E-state index in [0.29, 0.717) is 0 Å². The van der Waals surface area contributed by atoms with Crippen molar-refractivity contribution in [2.45, 2.75) is 39.7 Å². The number of carbonyl (C=O) groups is 1. The summed E-state index contributed by atoms with van der Waals surface area (Å²) in [7, 11) is 1.94. The minimum absolute atomic E-state index is 0. The summed E-state index contributed by atoms with van der Waals surface area (Å²) in [5.41, 5.74) is 3.77. The summed E-state index contributed by atoms with van der Waals surface area (Å²) in [4.78, 5) is 10.7. The van der Waals surface area contributed by atoms with Gasteiger partial charge in [0.2, 0.25) is 0 Å². The lowest BCUT2D eigenvalue weighted by Gasteiger charge is -2.03. The van der Waals surface area contributed by atoms with E-state index in [1.807, 2.05) is 7.05 Å². The number of nitrogens with one attached hydrogen (secondary N) is 1. The van der Waals surface area contributed by atoms with Crippen molar-refractivity contribution >= 4 is 5.78 Å². The van der Waals surface area contributed by atoms with Gasteiger partial charge in [-0.25, -0.2) is 0 Å². The standard InChI is InChI=1S/C8H18N2O.CH4/c1-7(11)8(9)5-3-4-6-10-2;/h8,10H,3-6,9H2,1-2H3;1H4/p+1. The van der Waals surface area contributed by atoms with Crippen molar-refractivity contribution in [2.24, 2.45) is 0 Å². The Kier molecular flexibility index (Phi) is 10.2. The molecule has 0 fully saturated rings. The molecule has 1 unspecified atom stereocenters. The number of Topliss-reactive ketones (excluding diaryl/α,β-unsaturated/α-hetero) is 1. The molecule has 0 aliphatic heterocycles. The summed E-state index contributed by atoms with van der Waals surface area (Å²) in [6, 6.07) is 0.00635. The predicted octanol–water partition coefficient (Wildman–Crippen LogP) is 0.212. The summed E-state index contributed by atoms with van der Waals surface area (Å²) in [6.07, 6.45) is 3.15. The van der Waals surface area contributed by atoms with E-state index in [1.165, 1.54) is 0 Å². The molecule has 1 atom stereocenters. The zero-order chi connectivity index (χ0) is 8.69. The van der Waals surface area contributed by atoms with E-state index in [0.717, 1.165) is 25.8 Å². The maximum Gasteiger partial charge on any atom is 0.186 e. The maximum atomic E-state index is 10.7. The first-order chi connectivity index (χ1) is 5.18. The molecular formula is C9H23N2O+. The van der Waals surface area contributed by atoms with Crippen LogP contribution in [-0.4, -0.2) is 25.4 Å². The van der Waals surface area contributed by atoms with E-state index in [1.54, 1.807) is 6.92 Å². The highest BCUT2D eigenvalue weighted by atomic mass is 16.1. The molecule has 4 N–H and O–H groups in total. The number of unbranched alkanes of at least 4 members (excludes halogenated alkanes) is 1. The third kappa shape index (κ3) is 7.69. The zero-order valence-corrected chi connectivity index (χ0v) is 7.52. The second kappa shape index (κ2) is 8.68. The van der Waals surface area contributed by atoms with Gasteiger partial charge in [0.15, 0.2) is 5.78 Å². The smallest absolute Gasteiger partial charge is 0.186 e. The Hall–Kier alpha value is -0.410. The van der Waals surface area contributed by atoms with Gasteiger partial charge in [0, 0.05) is 13.3 Å². The quantitative estimate of drug-likeness (QED) is 0.567. The molecule has 0 saturated heterocycles. The average molecular weight is 175 g/mol. The van der Waals surface area contributed by atoms with Crippen molar-refractivity contribution in [1.82, 2.24) is 5.32 Å². The number of rotatable bonds is 6. The predicted molar refractivity (Wildman–Crippen MR) is 51.9 cm³/mol. The van der Waals surface area contributed by atoms with Crippen LogP contribution in [0.4, 0.5) is 0 Å². The Morgan fingerprint density at radius 3 is 2.50 bits per heavy atom. The monoisotopic (exact) mass is 175 g/mol. The van der Waals surface area contributed by atoms with E-state index >= 15 is 0 Å². The lowest BCUT2D eigenvalue weighted by molar-refractivity contribution is -0.404. The van der Waals surface area contributed by atoms with Gasteiger partial charge in [0.05, 0.1) is 0 Å². The second-order valence-electron chi connectivity index (χ2n) is 2.91. The molecule has 0 aromatic heterocycles. The number of ketones is 1. The van der Waals surface area contributed by atoms with Crippen molar-refractivity contribution < 1.29 is 10.5 Å². The van der Waals surface area contributed by atoms with E-state index in [9.17, 15) is 4.79 Å². The third-order valence-corrected chi connectivity index (χ3v) is 1.80. The SMILES string of the molecule is C.CNCCCCC([NH3+])C(C)=O.